The third kappa shape index (κ3) is 3.41. The molecule has 124 valence electrons. The molecule has 1 aliphatic carbocycles. The highest BCUT2D eigenvalue weighted by Crippen LogP contribution is 2.36. The van der Waals surface area contributed by atoms with Crippen LogP contribution in [-0.2, 0) is 4.79 Å². The molecular formula is C18H16ClFN2O2. The smallest absolute Gasteiger partial charge is 0.257 e. The largest absolute Gasteiger partial charge is 0.320 e. The predicted octanol–water partition coefficient (Wildman–Crippen LogP) is 4.25. The van der Waals surface area contributed by atoms with Crippen molar-refractivity contribution < 1.29 is 14.0 Å². The second-order valence-electron chi connectivity index (χ2n) is 5.72. The first-order valence-corrected chi connectivity index (χ1v) is 8.00. The Morgan fingerprint density at radius 2 is 1.92 bits per heavy atom. The molecule has 0 unspecified atom stereocenters. The Hall–Kier alpha value is -2.40. The predicted molar refractivity (Wildman–Crippen MR) is 92.0 cm³/mol. The van der Waals surface area contributed by atoms with E-state index in [0.29, 0.717) is 10.7 Å². The Morgan fingerprint density at radius 3 is 2.54 bits per heavy atom. The normalized spacial score (nSPS) is 13.5. The lowest BCUT2D eigenvalue weighted by atomic mass is 10.2. The Labute approximate surface area is 144 Å². The van der Waals surface area contributed by atoms with Gasteiger partial charge in [0, 0.05) is 13.0 Å². The summed E-state index contributed by atoms with van der Waals surface area (Å²) in [7, 11) is 0. The molecule has 24 heavy (non-hydrogen) atoms. The minimum atomic E-state index is -0.493. The number of carbonyl (C=O) groups excluding carboxylic acids is 2. The molecule has 2 amide bonds. The molecule has 0 heterocycles. The lowest BCUT2D eigenvalue weighted by molar-refractivity contribution is -0.116. The summed E-state index contributed by atoms with van der Waals surface area (Å²) in [5, 5.41) is 2.97. The van der Waals surface area contributed by atoms with E-state index in [1.165, 1.54) is 25.1 Å². The molecule has 0 atom stereocenters. The molecule has 0 aliphatic heterocycles. The van der Waals surface area contributed by atoms with Crippen LogP contribution in [0, 0.1) is 5.82 Å². The number of nitrogens with zero attached hydrogens (tertiary/aromatic N) is 1. The number of hydrogen-bond acceptors (Lipinski definition) is 2. The van der Waals surface area contributed by atoms with E-state index in [1.807, 2.05) is 0 Å². The number of carbonyl (C=O) groups is 2. The van der Waals surface area contributed by atoms with Gasteiger partial charge in [-0.2, -0.15) is 0 Å². The molecule has 0 spiro atoms. The minimum Gasteiger partial charge on any atom is -0.320 e. The van der Waals surface area contributed by atoms with Crippen LogP contribution in [0.5, 0.6) is 0 Å². The molecular weight excluding hydrogens is 331 g/mol. The van der Waals surface area contributed by atoms with Crippen LogP contribution in [0.2, 0.25) is 5.02 Å². The van der Waals surface area contributed by atoms with Gasteiger partial charge in [-0.3, -0.25) is 9.59 Å². The van der Waals surface area contributed by atoms with E-state index in [4.69, 9.17) is 11.6 Å². The molecule has 1 saturated carbocycles. The van der Waals surface area contributed by atoms with Gasteiger partial charge in [-0.1, -0.05) is 23.7 Å². The summed E-state index contributed by atoms with van der Waals surface area (Å²) in [4.78, 5) is 26.0. The minimum absolute atomic E-state index is 0.101. The van der Waals surface area contributed by atoms with Gasteiger partial charge in [-0.05, 0) is 43.2 Å². The Kier molecular flexibility index (Phi) is 4.53. The zero-order valence-electron chi connectivity index (χ0n) is 13.1. The van der Waals surface area contributed by atoms with E-state index in [0.717, 1.165) is 12.8 Å². The average molecular weight is 347 g/mol. The molecule has 6 heteroatoms. The first kappa shape index (κ1) is 16.5. The van der Waals surface area contributed by atoms with Crippen LogP contribution in [-0.4, -0.2) is 17.9 Å². The number of nitrogens with one attached hydrogen (secondary N) is 1. The number of benzene rings is 2. The number of anilines is 2. The van der Waals surface area contributed by atoms with Crippen molar-refractivity contribution in [3.8, 4) is 0 Å². The summed E-state index contributed by atoms with van der Waals surface area (Å²) in [5.41, 5.74) is 1.03. The van der Waals surface area contributed by atoms with Gasteiger partial charge in [0.2, 0.25) is 5.91 Å². The molecule has 4 nitrogen and oxygen atoms in total. The molecule has 0 saturated heterocycles. The van der Waals surface area contributed by atoms with E-state index in [2.05, 4.69) is 5.32 Å². The monoisotopic (exact) mass is 346 g/mol. The number of rotatable bonds is 4. The van der Waals surface area contributed by atoms with Crippen LogP contribution in [0.1, 0.15) is 30.1 Å². The Bertz CT molecular complexity index is 805. The van der Waals surface area contributed by atoms with Crippen molar-refractivity contribution >= 4 is 34.8 Å². The fourth-order valence-corrected chi connectivity index (χ4v) is 2.83. The SMILES string of the molecule is CC(=O)N(c1ccc(F)cc1NC(=O)c1ccccc1Cl)C1CC1. The van der Waals surface area contributed by atoms with Crippen LogP contribution in [0.3, 0.4) is 0 Å². The van der Waals surface area contributed by atoms with Crippen molar-refractivity contribution in [3.05, 3.63) is 58.9 Å². The van der Waals surface area contributed by atoms with Gasteiger partial charge in [-0.15, -0.1) is 0 Å². The third-order valence-corrected chi connectivity index (χ3v) is 4.17. The van der Waals surface area contributed by atoms with Crippen LogP contribution in [0.4, 0.5) is 15.8 Å². The number of hydrogen-bond donors (Lipinski definition) is 1. The number of amides is 2. The van der Waals surface area contributed by atoms with E-state index < -0.39 is 11.7 Å². The van der Waals surface area contributed by atoms with Gasteiger partial charge in [0.25, 0.3) is 5.91 Å². The van der Waals surface area contributed by atoms with Gasteiger partial charge in [0.05, 0.1) is 22.0 Å². The first-order chi connectivity index (χ1) is 11.5. The third-order valence-electron chi connectivity index (χ3n) is 3.84. The standard InChI is InChI=1S/C18H16ClFN2O2/c1-11(23)22(13-7-8-13)17-9-6-12(20)10-16(17)21-18(24)14-4-2-3-5-15(14)19/h2-6,9-10,13H,7-8H2,1H3,(H,21,24). The van der Waals surface area contributed by atoms with Gasteiger partial charge in [-0.25, -0.2) is 4.39 Å². The highest BCUT2D eigenvalue weighted by molar-refractivity contribution is 6.34. The van der Waals surface area contributed by atoms with Crippen LogP contribution in [0.15, 0.2) is 42.5 Å². The van der Waals surface area contributed by atoms with Gasteiger partial charge >= 0.3 is 0 Å². The fourth-order valence-electron chi connectivity index (χ4n) is 2.61. The molecule has 2 aromatic rings. The summed E-state index contributed by atoms with van der Waals surface area (Å²) >= 11 is 6.03. The van der Waals surface area contributed by atoms with Crippen molar-refractivity contribution in [2.75, 3.05) is 10.2 Å². The second-order valence-corrected chi connectivity index (χ2v) is 6.12. The molecule has 3 rings (SSSR count). The van der Waals surface area contributed by atoms with Crippen LogP contribution < -0.4 is 10.2 Å². The van der Waals surface area contributed by atoms with Crippen molar-refractivity contribution in [2.24, 2.45) is 0 Å². The van der Waals surface area contributed by atoms with E-state index >= 15 is 0 Å². The van der Waals surface area contributed by atoms with Gasteiger partial charge in [0.1, 0.15) is 5.82 Å². The van der Waals surface area contributed by atoms with Crippen molar-refractivity contribution in [1.29, 1.82) is 0 Å². The van der Waals surface area contributed by atoms with Crippen LogP contribution in [0.25, 0.3) is 0 Å². The molecule has 1 N–H and O–H groups in total. The summed E-state index contributed by atoms with van der Waals surface area (Å²) in [5.74, 6) is -1.09. The Balaban J connectivity index is 1.95. The molecule has 2 aromatic carbocycles. The molecule has 0 radical (unpaired) electrons. The maximum atomic E-state index is 13.7. The molecule has 1 aliphatic rings. The van der Waals surface area contributed by atoms with E-state index in [-0.39, 0.29) is 23.2 Å². The van der Waals surface area contributed by atoms with Gasteiger partial charge < -0.3 is 10.2 Å². The fraction of sp³-hybridized carbons (Fsp3) is 0.222. The van der Waals surface area contributed by atoms with E-state index in [1.54, 1.807) is 29.2 Å². The van der Waals surface area contributed by atoms with Gasteiger partial charge in [0.15, 0.2) is 0 Å². The maximum Gasteiger partial charge on any atom is 0.257 e. The first-order valence-electron chi connectivity index (χ1n) is 7.62. The number of halogens is 2. The summed E-state index contributed by atoms with van der Waals surface area (Å²) < 4.78 is 13.7. The van der Waals surface area contributed by atoms with Crippen molar-refractivity contribution in [2.45, 2.75) is 25.8 Å². The zero-order valence-corrected chi connectivity index (χ0v) is 13.8. The van der Waals surface area contributed by atoms with Crippen molar-refractivity contribution in [3.63, 3.8) is 0 Å². The second kappa shape index (κ2) is 6.61. The summed E-state index contributed by atoms with van der Waals surface area (Å²) in [6, 6.07) is 10.7. The molecule has 1 fully saturated rings. The topological polar surface area (TPSA) is 49.4 Å². The zero-order chi connectivity index (χ0) is 17.3. The molecule has 0 bridgehead atoms. The average Bonchev–Trinajstić information content (AvgIpc) is 3.34. The highest BCUT2D eigenvalue weighted by atomic mass is 35.5. The lowest BCUT2D eigenvalue weighted by Crippen LogP contribution is -2.31. The summed E-state index contributed by atoms with van der Waals surface area (Å²) in [6.45, 7) is 1.46. The Morgan fingerprint density at radius 1 is 1.21 bits per heavy atom. The summed E-state index contributed by atoms with van der Waals surface area (Å²) in [6.07, 6.45) is 1.80. The highest BCUT2D eigenvalue weighted by Gasteiger charge is 2.33. The van der Waals surface area contributed by atoms with Crippen LogP contribution >= 0.6 is 11.6 Å². The quantitative estimate of drug-likeness (QED) is 0.899. The van der Waals surface area contributed by atoms with E-state index in [9.17, 15) is 14.0 Å². The maximum absolute atomic E-state index is 13.7. The van der Waals surface area contributed by atoms with Crippen molar-refractivity contribution in [1.82, 2.24) is 0 Å². The lowest BCUT2D eigenvalue weighted by Gasteiger charge is -2.24. The molecule has 0 aromatic heterocycles.